The van der Waals surface area contributed by atoms with Gasteiger partial charge < -0.3 is 0 Å². The van der Waals surface area contributed by atoms with Gasteiger partial charge in [-0.05, 0) is 0 Å². The summed E-state index contributed by atoms with van der Waals surface area (Å²) in [5.41, 5.74) is 0. The minimum Gasteiger partial charge on any atom is -0.255 e. The molecule has 66 valence electrons. The third-order valence-corrected chi connectivity index (χ3v) is 2.64. The lowest BCUT2D eigenvalue weighted by atomic mass is 10.3. The van der Waals surface area contributed by atoms with Gasteiger partial charge in [0, 0.05) is 5.75 Å². The molecule has 13 heavy (non-hydrogen) atoms. The van der Waals surface area contributed by atoms with Crippen molar-refractivity contribution in [3.63, 3.8) is 0 Å². The molecule has 2 rings (SSSR count). The summed E-state index contributed by atoms with van der Waals surface area (Å²) in [4.78, 5) is 16.4. The Bertz CT molecular complexity index is 340. The molecule has 0 aromatic rings. The molecule has 1 unspecified atom stereocenters. The van der Waals surface area contributed by atoms with E-state index in [0.29, 0.717) is 0 Å². The number of hydrogen-bond acceptors (Lipinski definition) is 5. The Morgan fingerprint density at radius 3 is 3.23 bits per heavy atom. The smallest absolute Gasteiger partial charge is 0.163 e. The van der Waals surface area contributed by atoms with Crippen LogP contribution < -0.4 is 0 Å². The maximum absolute atomic E-state index is 4.16. The van der Waals surface area contributed by atoms with E-state index in [2.05, 4.69) is 26.5 Å². The average molecular weight is 192 g/mol. The average Bonchev–Trinajstić information content (AvgIpc) is 2.62. The number of thioether (sulfide) groups is 1. The molecule has 0 N–H and O–H groups in total. The minimum atomic E-state index is -0.0602. The first kappa shape index (κ1) is 8.37. The highest BCUT2D eigenvalue weighted by Gasteiger charge is 2.25. The van der Waals surface area contributed by atoms with Gasteiger partial charge in [0.05, 0.1) is 0 Å². The number of nitrogens with zero attached hydrogens (tertiary/aromatic N) is 4. The Labute approximate surface area is 80.3 Å². The Morgan fingerprint density at radius 2 is 2.38 bits per heavy atom. The van der Waals surface area contributed by atoms with Crippen LogP contribution in [0.4, 0.5) is 0 Å². The van der Waals surface area contributed by atoms with E-state index in [1.807, 2.05) is 6.08 Å². The van der Waals surface area contributed by atoms with Gasteiger partial charge in [0.15, 0.2) is 11.9 Å². The van der Waals surface area contributed by atoms with Gasteiger partial charge in [-0.3, -0.25) is 4.99 Å². The molecule has 4 nitrogen and oxygen atoms in total. The third kappa shape index (κ3) is 1.60. The standard InChI is InChI=1S/C8H8N4S/c1-2-3-13-8-6-7(10-4-9-6)11-5-12-8/h2,4-6H,1,3H2. The summed E-state index contributed by atoms with van der Waals surface area (Å²) in [6.45, 7) is 3.65. The van der Waals surface area contributed by atoms with E-state index >= 15 is 0 Å². The first-order valence-electron chi connectivity index (χ1n) is 3.85. The number of aliphatic imine (C=N–C) groups is 4. The van der Waals surface area contributed by atoms with Crippen molar-refractivity contribution >= 4 is 35.3 Å². The molecule has 0 spiro atoms. The molecule has 0 aliphatic carbocycles. The third-order valence-electron chi connectivity index (χ3n) is 1.61. The minimum absolute atomic E-state index is 0.0602. The number of fused-ring (bicyclic) bond motifs is 1. The molecule has 0 saturated carbocycles. The first-order valence-corrected chi connectivity index (χ1v) is 4.83. The summed E-state index contributed by atoms with van der Waals surface area (Å²) in [7, 11) is 0. The van der Waals surface area contributed by atoms with Crippen molar-refractivity contribution in [1.29, 1.82) is 0 Å². The van der Waals surface area contributed by atoms with Crippen LogP contribution >= 0.6 is 11.8 Å². The van der Waals surface area contributed by atoms with E-state index < -0.39 is 0 Å². The van der Waals surface area contributed by atoms with Gasteiger partial charge in [0.25, 0.3) is 0 Å². The molecule has 5 heteroatoms. The Kier molecular flexibility index (Phi) is 2.35. The van der Waals surface area contributed by atoms with Crippen LogP contribution in [0, 0.1) is 0 Å². The molecular weight excluding hydrogens is 184 g/mol. The van der Waals surface area contributed by atoms with Crippen LogP contribution in [0.1, 0.15) is 0 Å². The quantitative estimate of drug-likeness (QED) is 0.605. The van der Waals surface area contributed by atoms with Crippen molar-refractivity contribution in [3.05, 3.63) is 12.7 Å². The molecular formula is C8H8N4S. The Morgan fingerprint density at radius 1 is 1.46 bits per heavy atom. The summed E-state index contributed by atoms with van der Waals surface area (Å²) in [6.07, 6.45) is 4.90. The van der Waals surface area contributed by atoms with Gasteiger partial charge >= 0.3 is 0 Å². The van der Waals surface area contributed by atoms with Gasteiger partial charge in [-0.1, -0.05) is 6.08 Å². The maximum Gasteiger partial charge on any atom is 0.163 e. The molecule has 0 fully saturated rings. The van der Waals surface area contributed by atoms with Crippen molar-refractivity contribution < 1.29 is 0 Å². The highest BCUT2D eigenvalue weighted by Crippen LogP contribution is 2.17. The normalized spacial score (nSPS) is 23.8. The second-order valence-corrected chi connectivity index (χ2v) is 3.51. The van der Waals surface area contributed by atoms with Crippen molar-refractivity contribution in [2.45, 2.75) is 6.04 Å². The number of amidine groups is 1. The topological polar surface area (TPSA) is 49.4 Å². The van der Waals surface area contributed by atoms with E-state index in [1.165, 1.54) is 12.7 Å². The van der Waals surface area contributed by atoms with Crippen molar-refractivity contribution in [2.24, 2.45) is 20.0 Å². The van der Waals surface area contributed by atoms with E-state index in [0.717, 1.165) is 16.6 Å². The molecule has 0 aromatic heterocycles. The van der Waals surface area contributed by atoms with Crippen molar-refractivity contribution in [3.8, 4) is 0 Å². The fourth-order valence-electron chi connectivity index (χ4n) is 1.05. The van der Waals surface area contributed by atoms with Gasteiger partial charge in [-0.2, -0.15) is 0 Å². The second-order valence-electron chi connectivity index (χ2n) is 2.47. The lowest BCUT2D eigenvalue weighted by Gasteiger charge is -2.12. The molecule has 1 atom stereocenters. The molecule has 2 aliphatic rings. The maximum atomic E-state index is 4.16. The van der Waals surface area contributed by atoms with Crippen molar-refractivity contribution in [1.82, 2.24) is 0 Å². The summed E-state index contributed by atoms with van der Waals surface area (Å²) in [6, 6.07) is -0.0602. The highest BCUT2D eigenvalue weighted by molar-refractivity contribution is 8.14. The van der Waals surface area contributed by atoms with Crippen LogP contribution in [0.5, 0.6) is 0 Å². The zero-order valence-corrected chi connectivity index (χ0v) is 7.74. The zero-order valence-electron chi connectivity index (χ0n) is 6.92. The van der Waals surface area contributed by atoms with Gasteiger partial charge in [-0.15, -0.1) is 18.3 Å². The fourth-order valence-corrected chi connectivity index (χ4v) is 1.79. The largest absolute Gasteiger partial charge is 0.255 e. The Balaban J connectivity index is 2.14. The zero-order chi connectivity index (χ0) is 9.10. The van der Waals surface area contributed by atoms with Crippen LogP contribution in [-0.4, -0.2) is 35.4 Å². The number of rotatable bonds is 2. The van der Waals surface area contributed by atoms with E-state index in [9.17, 15) is 0 Å². The molecule has 0 bridgehead atoms. The SMILES string of the molecule is C=CCSC1=NC=NC2=NC=NC21. The number of hydrogen-bond donors (Lipinski definition) is 0. The summed E-state index contributed by atoms with van der Waals surface area (Å²) in [5, 5.41) is 0.947. The first-order chi connectivity index (χ1) is 6.42. The predicted octanol–water partition coefficient (Wildman–Crippen LogP) is 1.16. The van der Waals surface area contributed by atoms with Crippen LogP contribution in [-0.2, 0) is 0 Å². The highest BCUT2D eigenvalue weighted by atomic mass is 32.2. The van der Waals surface area contributed by atoms with Crippen molar-refractivity contribution in [2.75, 3.05) is 5.75 Å². The summed E-state index contributed by atoms with van der Waals surface area (Å²) >= 11 is 1.62. The van der Waals surface area contributed by atoms with E-state index in [4.69, 9.17) is 0 Å². The predicted molar refractivity (Wildman–Crippen MR) is 58.3 cm³/mol. The fraction of sp³-hybridized carbons (Fsp3) is 0.250. The van der Waals surface area contributed by atoms with E-state index in [1.54, 1.807) is 11.8 Å². The second kappa shape index (κ2) is 3.66. The van der Waals surface area contributed by atoms with E-state index in [-0.39, 0.29) is 6.04 Å². The lowest BCUT2D eigenvalue weighted by molar-refractivity contribution is 1.16. The van der Waals surface area contributed by atoms with Crippen LogP contribution in [0.2, 0.25) is 0 Å². The molecule has 0 radical (unpaired) electrons. The van der Waals surface area contributed by atoms with Crippen LogP contribution in [0.25, 0.3) is 0 Å². The van der Waals surface area contributed by atoms with Gasteiger partial charge in [-0.25, -0.2) is 15.0 Å². The Hall–Kier alpha value is -1.23. The van der Waals surface area contributed by atoms with Gasteiger partial charge in [0.2, 0.25) is 0 Å². The molecule has 0 amide bonds. The van der Waals surface area contributed by atoms with Crippen LogP contribution in [0.3, 0.4) is 0 Å². The molecule has 2 aliphatic heterocycles. The summed E-state index contributed by atoms with van der Waals surface area (Å²) in [5.74, 6) is 1.58. The summed E-state index contributed by atoms with van der Waals surface area (Å²) < 4.78 is 0. The molecule has 2 heterocycles. The molecule has 0 aromatic carbocycles. The lowest BCUT2D eigenvalue weighted by Crippen LogP contribution is -2.25. The van der Waals surface area contributed by atoms with Gasteiger partial charge in [0.1, 0.15) is 17.7 Å². The van der Waals surface area contributed by atoms with Crippen LogP contribution in [0.15, 0.2) is 32.6 Å². The monoisotopic (exact) mass is 192 g/mol. The molecule has 0 saturated heterocycles.